The van der Waals surface area contributed by atoms with Gasteiger partial charge < -0.3 is 13.9 Å². The Balaban J connectivity index is 0.933. The fourth-order valence-electron chi connectivity index (χ4n) is 9.97. The highest BCUT2D eigenvalue weighted by molar-refractivity contribution is 6.15. The van der Waals surface area contributed by atoms with Gasteiger partial charge in [0.25, 0.3) is 0 Å². The van der Waals surface area contributed by atoms with Gasteiger partial charge in [-0.25, -0.2) is 0 Å². The first-order valence-corrected chi connectivity index (χ1v) is 21.6. The molecule has 2 aromatic heterocycles. The SMILES string of the molecule is c1ccc2c(-n3c4ccccc4c4cc(-c5ccc(N(c6ccc(-c7ccc8oc9ccccc9c8c7)cc6)c6cc7ccccc7c7ccccc67)cc5)ccc43)cccc2c1. The first-order chi connectivity index (χ1) is 31.2. The number of fused-ring (bicyclic) bond motifs is 10. The van der Waals surface area contributed by atoms with Crippen molar-refractivity contribution in [1.82, 2.24) is 4.57 Å². The monoisotopic (exact) mass is 802 g/mol. The highest BCUT2D eigenvalue weighted by atomic mass is 16.3. The lowest BCUT2D eigenvalue weighted by Crippen LogP contribution is -2.10. The zero-order valence-electron chi connectivity index (χ0n) is 34.2. The summed E-state index contributed by atoms with van der Waals surface area (Å²) in [5.41, 5.74) is 13.4. The largest absolute Gasteiger partial charge is 0.456 e. The number of aromatic nitrogens is 1. The number of anilines is 3. The molecule has 11 aromatic carbocycles. The lowest BCUT2D eigenvalue weighted by molar-refractivity contribution is 0.669. The van der Waals surface area contributed by atoms with Crippen LogP contribution in [0.5, 0.6) is 0 Å². The van der Waals surface area contributed by atoms with Crippen LogP contribution in [-0.2, 0) is 0 Å². The van der Waals surface area contributed by atoms with Crippen molar-refractivity contribution in [3.05, 3.63) is 231 Å². The van der Waals surface area contributed by atoms with Crippen molar-refractivity contribution >= 4 is 93.1 Å². The van der Waals surface area contributed by atoms with Crippen molar-refractivity contribution in [3.8, 4) is 27.9 Å². The van der Waals surface area contributed by atoms with Crippen LogP contribution in [0.25, 0.3) is 104 Å². The maximum Gasteiger partial charge on any atom is 0.135 e. The molecule has 294 valence electrons. The number of para-hydroxylation sites is 2. The van der Waals surface area contributed by atoms with Crippen LogP contribution in [0.15, 0.2) is 235 Å². The second kappa shape index (κ2) is 14.1. The minimum atomic E-state index is 0.905. The first-order valence-electron chi connectivity index (χ1n) is 21.6. The highest BCUT2D eigenvalue weighted by Gasteiger charge is 2.19. The van der Waals surface area contributed by atoms with E-state index in [2.05, 4.69) is 228 Å². The molecule has 0 N–H and O–H groups in total. The van der Waals surface area contributed by atoms with E-state index in [1.54, 1.807) is 0 Å². The normalized spacial score (nSPS) is 11.8. The quantitative estimate of drug-likeness (QED) is 0.156. The lowest BCUT2D eigenvalue weighted by atomic mass is 9.98. The van der Waals surface area contributed by atoms with Crippen molar-refractivity contribution < 1.29 is 4.42 Å². The first kappa shape index (κ1) is 35.4. The summed E-state index contributed by atoms with van der Waals surface area (Å²) in [6.07, 6.45) is 0. The van der Waals surface area contributed by atoms with E-state index in [1.807, 2.05) is 12.1 Å². The third-order valence-electron chi connectivity index (χ3n) is 13.0. The van der Waals surface area contributed by atoms with Crippen LogP contribution >= 0.6 is 0 Å². The molecule has 0 bridgehead atoms. The van der Waals surface area contributed by atoms with Crippen LogP contribution in [0.4, 0.5) is 17.1 Å². The molecule has 0 aliphatic heterocycles. The summed E-state index contributed by atoms with van der Waals surface area (Å²) in [7, 11) is 0. The van der Waals surface area contributed by atoms with Gasteiger partial charge in [-0.15, -0.1) is 0 Å². The van der Waals surface area contributed by atoms with Crippen molar-refractivity contribution in [3.63, 3.8) is 0 Å². The highest BCUT2D eigenvalue weighted by Crippen LogP contribution is 2.44. The fourth-order valence-corrected chi connectivity index (χ4v) is 9.97. The molecule has 0 aliphatic rings. The standard InChI is InChI=1S/C60H38N2O/c1-4-16-48-41(12-1)14-11-22-55(48)62-56-21-9-7-19-51(56)53-36-42(28-34-57(53)62)39-24-30-45(31-25-39)61(58-38-44-13-2-3-15-47(44)49-17-5-6-18-50(49)58)46-32-26-40(27-33-46)43-29-35-60-54(37-43)52-20-8-10-23-59(52)63-60/h1-38H. The van der Waals surface area contributed by atoms with Gasteiger partial charge in [-0.05, 0) is 117 Å². The predicted molar refractivity (Wildman–Crippen MR) is 266 cm³/mol. The number of hydrogen-bond donors (Lipinski definition) is 0. The Morgan fingerprint density at radius 1 is 0.302 bits per heavy atom. The molecule has 13 rings (SSSR count). The van der Waals surface area contributed by atoms with Crippen LogP contribution in [0.2, 0.25) is 0 Å². The van der Waals surface area contributed by atoms with Crippen molar-refractivity contribution in [2.45, 2.75) is 0 Å². The van der Waals surface area contributed by atoms with Gasteiger partial charge in [0.15, 0.2) is 0 Å². The molecule has 0 saturated carbocycles. The van der Waals surface area contributed by atoms with Gasteiger partial charge in [-0.3, -0.25) is 0 Å². The maximum atomic E-state index is 6.15. The number of nitrogens with zero attached hydrogens (tertiary/aromatic N) is 2. The Kier molecular flexibility index (Phi) is 7.91. The number of rotatable bonds is 6. The molecule has 3 nitrogen and oxygen atoms in total. The second-order valence-corrected chi connectivity index (χ2v) is 16.5. The average molecular weight is 803 g/mol. The zero-order valence-corrected chi connectivity index (χ0v) is 34.2. The van der Waals surface area contributed by atoms with E-state index in [0.717, 1.165) is 50.1 Å². The molecule has 3 heteroatoms. The van der Waals surface area contributed by atoms with Gasteiger partial charge in [0.2, 0.25) is 0 Å². The molecule has 0 spiro atoms. The van der Waals surface area contributed by atoms with E-state index in [1.165, 1.54) is 70.9 Å². The van der Waals surface area contributed by atoms with Gasteiger partial charge >= 0.3 is 0 Å². The minimum Gasteiger partial charge on any atom is -0.456 e. The second-order valence-electron chi connectivity index (χ2n) is 16.5. The van der Waals surface area contributed by atoms with Gasteiger partial charge in [0.05, 0.1) is 22.4 Å². The maximum absolute atomic E-state index is 6.15. The van der Waals surface area contributed by atoms with E-state index in [0.29, 0.717) is 0 Å². The van der Waals surface area contributed by atoms with E-state index in [4.69, 9.17) is 4.42 Å². The molecular weight excluding hydrogens is 765 g/mol. The van der Waals surface area contributed by atoms with E-state index in [-0.39, 0.29) is 0 Å². The Hall–Kier alpha value is -8.40. The molecule has 0 atom stereocenters. The summed E-state index contributed by atoms with van der Waals surface area (Å²) >= 11 is 0. The smallest absolute Gasteiger partial charge is 0.135 e. The summed E-state index contributed by atoms with van der Waals surface area (Å²) < 4.78 is 8.58. The zero-order chi connectivity index (χ0) is 41.4. The summed E-state index contributed by atoms with van der Waals surface area (Å²) in [5.74, 6) is 0. The molecule has 13 aromatic rings. The molecule has 0 saturated heterocycles. The molecule has 0 radical (unpaired) electrons. The van der Waals surface area contributed by atoms with Crippen LogP contribution in [0.1, 0.15) is 0 Å². The van der Waals surface area contributed by atoms with Crippen molar-refractivity contribution in [1.29, 1.82) is 0 Å². The summed E-state index contributed by atoms with van der Waals surface area (Å²) in [6.45, 7) is 0. The third kappa shape index (κ3) is 5.67. The van der Waals surface area contributed by atoms with Crippen LogP contribution in [-0.4, -0.2) is 4.57 Å². The molecule has 0 fully saturated rings. The van der Waals surface area contributed by atoms with Gasteiger partial charge in [-0.1, -0.05) is 158 Å². The Bertz CT molecular complexity index is 3910. The summed E-state index contributed by atoms with van der Waals surface area (Å²) in [4.78, 5) is 2.41. The molecular formula is C60H38N2O. The fraction of sp³-hybridized carbons (Fsp3) is 0. The Morgan fingerprint density at radius 3 is 1.59 bits per heavy atom. The lowest BCUT2D eigenvalue weighted by Gasteiger charge is -2.28. The van der Waals surface area contributed by atoms with Crippen LogP contribution in [0, 0.1) is 0 Å². The molecule has 0 amide bonds. The van der Waals surface area contributed by atoms with Crippen molar-refractivity contribution in [2.75, 3.05) is 4.90 Å². The Labute approximate surface area is 363 Å². The number of furan rings is 1. The molecule has 0 aliphatic carbocycles. The van der Waals surface area contributed by atoms with E-state index >= 15 is 0 Å². The molecule has 2 heterocycles. The van der Waals surface area contributed by atoms with E-state index in [9.17, 15) is 0 Å². The van der Waals surface area contributed by atoms with Gasteiger partial charge in [0, 0.05) is 43.7 Å². The number of hydrogen-bond acceptors (Lipinski definition) is 2. The summed E-state index contributed by atoms with van der Waals surface area (Å²) in [5, 5.41) is 12.1. The summed E-state index contributed by atoms with van der Waals surface area (Å²) in [6, 6.07) is 83.7. The number of benzene rings is 11. The van der Waals surface area contributed by atoms with Gasteiger partial charge in [-0.2, -0.15) is 0 Å². The Morgan fingerprint density at radius 2 is 0.825 bits per heavy atom. The molecule has 63 heavy (non-hydrogen) atoms. The molecule has 0 unspecified atom stereocenters. The minimum absolute atomic E-state index is 0.905. The van der Waals surface area contributed by atoms with E-state index < -0.39 is 0 Å². The van der Waals surface area contributed by atoms with Crippen LogP contribution < -0.4 is 4.90 Å². The third-order valence-corrected chi connectivity index (χ3v) is 13.0. The topological polar surface area (TPSA) is 21.3 Å². The predicted octanol–water partition coefficient (Wildman–Crippen LogP) is 16.9. The average Bonchev–Trinajstić information content (AvgIpc) is 3.89. The van der Waals surface area contributed by atoms with Crippen LogP contribution in [0.3, 0.4) is 0 Å². The van der Waals surface area contributed by atoms with Gasteiger partial charge in [0.1, 0.15) is 11.2 Å². The van der Waals surface area contributed by atoms with Crippen molar-refractivity contribution in [2.24, 2.45) is 0 Å².